The van der Waals surface area contributed by atoms with Crippen molar-refractivity contribution in [3.63, 3.8) is 0 Å². The first-order valence-corrected chi connectivity index (χ1v) is 11.0. The van der Waals surface area contributed by atoms with Crippen LogP contribution < -0.4 is 5.56 Å². The van der Waals surface area contributed by atoms with Crippen LogP contribution in [0.25, 0.3) is 17.2 Å². The Kier molecular flexibility index (Phi) is 6.42. The van der Waals surface area contributed by atoms with E-state index in [0.29, 0.717) is 5.82 Å². The molecule has 6 heteroatoms. The Morgan fingerprint density at radius 3 is 2.81 bits per heavy atom. The number of hydrogen-bond donors (Lipinski definition) is 1. The van der Waals surface area contributed by atoms with Crippen LogP contribution in [0, 0.1) is 13.8 Å². The second-order valence-corrected chi connectivity index (χ2v) is 8.31. The topological polar surface area (TPSA) is 74.8 Å². The van der Waals surface area contributed by atoms with E-state index in [2.05, 4.69) is 51.1 Å². The summed E-state index contributed by atoms with van der Waals surface area (Å²) in [5.74, 6) is 0.577. The molecule has 1 atom stereocenters. The summed E-state index contributed by atoms with van der Waals surface area (Å²) in [5, 5.41) is 0. The summed E-state index contributed by atoms with van der Waals surface area (Å²) in [4.78, 5) is 30.5. The van der Waals surface area contributed by atoms with E-state index in [-0.39, 0.29) is 11.6 Å². The molecular formula is C26H29N5O. The predicted octanol–water partition coefficient (Wildman–Crippen LogP) is 4.25. The number of aromatic amines is 1. The van der Waals surface area contributed by atoms with Crippen molar-refractivity contribution in [2.75, 3.05) is 6.54 Å². The highest BCUT2D eigenvalue weighted by molar-refractivity contribution is 5.66. The number of fused-ring (bicyclic) bond motifs is 1. The Bertz CT molecular complexity index is 1240. The number of aromatic nitrogens is 4. The van der Waals surface area contributed by atoms with Gasteiger partial charge in [0.1, 0.15) is 5.82 Å². The molecule has 0 saturated heterocycles. The monoisotopic (exact) mass is 427 g/mol. The van der Waals surface area contributed by atoms with Gasteiger partial charge in [0.2, 0.25) is 0 Å². The number of hydrogen-bond acceptors (Lipinski definition) is 5. The van der Waals surface area contributed by atoms with Gasteiger partial charge in [-0.05, 0) is 57.0 Å². The van der Waals surface area contributed by atoms with Gasteiger partial charge in [0, 0.05) is 72.2 Å². The number of nitrogens with one attached hydrogen (secondary N) is 1. The maximum absolute atomic E-state index is 11.6. The van der Waals surface area contributed by atoms with Gasteiger partial charge in [-0.15, -0.1) is 0 Å². The van der Waals surface area contributed by atoms with Crippen molar-refractivity contribution in [2.45, 2.75) is 46.7 Å². The Labute approximate surface area is 188 Å². The van der Waals surface area contributed by atoms with E-state index in [0.717, 1.165) is 53.3 Å². The molecular weight excluding hydrogens is 398 g/mol. The van der Waals surface area contributed by atoms with Crippen LogP contribution in [-0.4, -0.2) is 37.4 Å². The first-order chi connectivity index (χ1) is 15.4. The summed E-state index contributed by atoms with van der Waals surface area (Å²) >= 11 is 0. The average molecular weight is 428 g/mol. The maximum Gasteiger partial charge on any atom is 0.251 e. The van der Waals surface area contributed by atoms with Gasteiger partial charge >= 0.3 is 0 Å². The highest BCUT2D eigenvalue weighted by Gasteiger charge is 2.24. The van der Waals surface area contributed by atoms with E-state index in [1.54, 1.807) is 0 Å². The van der Waals surface area contributed by atoms with E-state index in [1.807, 2.05) is 39.1 Å². The van der Waals surface area contributed by atoms with E-state index < -0.39 is 0 Å². The third-order valence-corrected chi connectivity index (χ3v) is 5.90. The molecule has 3 aromatic rings. The molecule has 1 unspecified atom stereocenters. The Morgan fingerprint density at radius 1 is 1.22 bits per heavy atom. The molecule has 1 N–H and O–H groups in total. The molecule has 0 saturated carbocycles. The van der Waals surface area contributed by atoms with Crippen molar-refractivity contribution in [3.05, 3.63) is 93.2 Å². The molecule has 0 radical (unpaired) electrons. The molecule has 4 rings (SSSR count). The largest absolute Gasteiger partial charge is 0.307 e. The summed E-state index contributed by atoms with van der Waals surface area (Å²) in [7, 11) is 0. The number of H-pyrrole nitrogens is 1. The summed E-state index contributed by atoms with van der Waals surface area (Å²) in [5.41, 5.74) is 7.68. The Morgan fingerprint density at radius 2 is 2.06 bits per heavy atom. The van der Waals surface area contributed by atoms with E-state index in [4.69, 9.17) is 4.98 Å². The van der Waals surface area contributed by atoms with Gasteiger partial charge in [-0.25, -0.2) is 4.98 Å². The fourth-order valence-corrected chi connectivity index (χ4v) is 4.33. The first kappa shape index (κ1) is 21.8. The highest BCUT2D eigenvalue weighted by atomic mass is 16.1. The molecule has 0 spiro atoms. The van der Waals surface area contributed by atoms with Gasteiger partial charge in [-0.2, -0.15) is 0 Å². The van der Waals surface area contributed by atoms with Crippen LogP contribution in [-0.2, 0) is 13.0 Å². The Hall–Kier alpha value is -3.38. The van der Waals surface area contributed by atoms with Crippen molar-refractivity contribution >= 4 is 6.08 Å². The number of allylic oxidation sites excluding steroid dienone is 1. The van der Waals surface area contributed by atoms with Gasteiger partial charge < -0.3 is 4.98 Å². The predicted molar refractivity (Wildman–Crippen MR) is 128 cm³/mol. The van der Waals surface area contributed by atoms with Crippen LogP contribution in [0.3, 0.4) is 0 Å². The minimum Gasteiger partial charge on any atom is -0.307 e. The maximum atomic E-state index is 11.6. The molecule has 32 heavy (non-hydrogen) atoms. The van der Waals surface area contributed by atoms with Gasteiger partial charge in [0.15, 0.2) is 0 Å². The normalized spacial score (nSPS) is 15.7. The van der Waals surface area contributed by atoms with Crippen molar-refractivity contribution in [3.8, 4) is 11.1 Å². The summed E-state index contributed by atoms with van der Waals surface area (Å²) in [6.07, 6.45) is 10.6. The molecule has 6 nitrogen and oxygen atoms in total. The lowest BCUT2D eigenvalue weighted by Crippen LogP contribution is -2.39. The van der Waals surface area contributed by atoms with Crippen LogP contribution in [0.1, 0.15) is 42.3 Å². The minimum atomic E-state index is -0.145. The number of rotatable bonds is 5. The smallest absolute Gasteiger partial charge is 0.251 e. The molecule has 164 valence electrons. The molecule has 0 bridgehead atoms. The first-order valence-electron chi connectivity index (χ1n) is 11.0. The van der Waals surface area contributed by atoms with Crippen LogP contribution in [0.15, 0.2) is 59.2 Å². The zero-order valence-electron chi connectivity index (χ0n) is 19.1. The quantitative estimate of drug-likeness (QED) is 0.616. The standard InChI is InChI=1S/C26H29N5O/c1-5-6-24(17(2)13-25-27-11-9-26(32)30-25)31-12-10-23-21(16-31)14-20(15-28-23)22-8-7-18(3)29-19(22)4/h5-9,11,13-15,24H,10,12,16H2,1-4H3,(H,27,30,32)/b6-5-,17-13-. The van der Waals surface area contributed by atoms with Crippen molar-refractivity contribution < 1.29 is 0 Å². The third kappa shape index (κ3) is 4.75. The lowest BCUT2D eigenvalue weighted by Gasteiger charge is -2.34. The number of aryl methyl sites for hydroxylation is 2. The van der Waals surface area contributed by atoms with E-state index in [9.17, 15) is 4.79 Å². The molecule has 0 fully saturated rings. The average Bonchev–Trinajstić information content (AvgIpc) is 2.76. The van der Waals surface area contributed by atoms with Crippen LogP contribution in [0.5, 0.6) is 0 Å². The summed E-state index contributed by atoms with van der Waals surface area (Å²) < 4.78 is 0. The fraction of sp³-hybridized carbons (Fsp3) is 0.308. The molecule has 0 amide bonds. The van der Waals surface area contributed by atoms with Crippen molar-refractivity contribution in [2.24, 2.45) is 0 Å². The van der Waals surface area contributed by atoms with Gasteiger partial charge in [0.25, 0.3) is 5.56 Å². The van der Waals surface area contributed by atoms with Gasteiger partial charge in [-0.3, -0.25) is 19.7 Å². The molecule has 4 heterocycles. The Balaban J connectivity index is 1.63. The molecule has 0 aliphatic carbocycles. The zero-order chi connectivity index (χ0) is 22.7. The molecule has 0 aromatic carbocycles. The number of nitrogens with zero attached hydrogens (tertiary/aromatic N) is 4. The van der Waals surface area contributed by atoms with Crippen LogP contribution in [0.4, 0.5) is 0 Å². The lowest BCUT2D eigenvalue weighted by atomic mass is 9.96. The number of pyridine rings is 2. The molecule has 3 aromatic heterocycles. The zero-order valence-corrected chi connectivity index (χ0v) is 19.1. The van der Waals surface area contributed by atoms with Crippen LogP contribution in [0.2, 0.25) is 0 Å². The van der Waals surface area contributed by atoms with Gasteiger partial charge in [-0.1, -0.05) is 18.2 Å². The van der Waals surface area contributed by atoms with E-state index in [1.165, 1.54) is 17.8 Å². The third-order valence-electron chi connectivity index (χ3n) is 5.90. The minimum absolute atomic E-state index is 0.116. The van der Waals surface area contributed by atoms with Crippen molar-refractivity contribution in [1.29, 1.82) is 0 Å². The second kappa shape index (κ2) is 9.40. The van der Waals surface area contributed by atoms with Crippen LogP contribution >= 0.6 is 0 Å². The second-order valence-electron chi connectivity index (χ2n) is 8.31. The van der Waals surface area contributed by atoms with Crippen molar-refractivity contribution in [1.82, 2.24) is 24.8 Å². The molecule has 1 aliphatic rings. The molecule has 1 aliphatic heterocycles. The summed E-state index contributed by atoms with van der Waals surface area (Å²) in [6.45, 7) is 9.91. The summed E-state index contributed by atoms with van der Waals surface area (Å²) in [6, 6.07) is 7.98. The van der Waals surface area contributed by atoms with Gasteiger partial charge in [0.05, 0.1) is 0 Å². The lowest BCUT2D eigenvalue weighted by molar-refractivity contribution is 0.230. The fourth-order valence-electron chi connectivity index (χ4n) is 4.33. The highest BCUT2D eigenvalue weighted by Crippen LogP contribution is 2.28. The van der Waals surface area contributed by atoms with E-state index >= 15 is 0 Å². The SMILES string of the molecule is C/C=C\C(/C(C)=C\c1nccc(=O)[nH]1)N1CCc2ncc(-c3ccc(C)nc3C)cc2C1.